The summed E-state index contributed by atoms with van der Waals surface area (Å²) in [6.45, 7) is 10.00. The molecule has 0 aliphatic carbocycles. The summed E-state index contributed by atoms with van der Waals surface area (Å²) in [5, 5.41) is 6.99. The highest BCUT2D eigenvalue weighted by molar-refractivity contribution is 14.0. The summed E-state index contributed by atoms with van der Waals surface area (Å²) < 4.78 is 5.75. The van der Waals surface area contributed by atoms with Gasteiger partial charge in [-0.1, -0.05) is 37.3 Å². The summed E-state index contributed by atoms with van der Waals surface area (Å²) in [6.07, 6.45) is 4.35. The van der Waals surface area contributed by atoms with Gasteiger partial charge in [0.2, 0.25) is 0 Å². The molecule has 1 aliphatic heterocycles. The van der Waals surface area contributed by atoms with Crippen LogP contribution in [0.1, 0.15) is 45.1 Å². The Bertz CT molecular complexity index is 535. The summed E-state index contributed by atoms with van der Waals surface area (Å²) in [5.41, 5.74) is 1.35. The minimum atomic E-state index is 0. The van der Waals surface area contributed by atoms with Gasteiger partial charge in [0.25, 0.3) is 0 Å². The van der Waals surface area contributed by atoms with Gasteiger partial charge >= 0.3 is 0 Å². The number of rotatable bonds is 7. The lowest BCUT2D eigenvalue weighted by Crippen LogP contribution is -2.45. The first-order valence-electron chi connectivity index (χ1n) is 9.33. The number of guanidine groups is 1. The van der Waals surface area contributed by atoms with Gasteiger partial charge in [-0.25, -0.2) is 0 Å². The summed E-state index contributed by atoms with van der Waals surface area (Å²) in [5.74, 6) is 1.33. The van der Waals surface area contributed by atoms with Crippen molar-refractivity contribution in [2.24, 2.45) is 4.99 Å². The number of halogens is 1. The Morgan fingerprint density at radius 2 is 1.88 bits per heavy atom. The van der Waals surface area contributed by atoms with Crippen molar-refractivity contribution in [3.05, 3.63) is 35.9 Å². The monoisotopic (exact) mass is 491 g/mol. The molecule has 1 aliphatic rings. The van der Waals surface area contributed by atoms with Crippen molar-refractivity contribution in [3.8, 4) is 0 Å². The standard InChI is InChI=1S/C20H33N3OS.HI/c1-5-21-19(22-15-20(25-4)11-13-24-14-12-20)23-17(3)16(2)18-9-7-6-8-10-18;/h6-10,16-17H,5,11-15H2,1-4H3,(H2,21,22,23);1H. The molecule has 0 saturated carbocycles. The second-order valence-corrected chi connectivity index (χ2v) is 8.10. The van der Waals surface area contributed by atoms with Crippen LogP contribution in [0.2, 0.25) is 0 Å². The first kappa shape index (κ1) is 23.6. The molecular formula is C20H34IN3OS. The fraction of sp³-hybridized carbons (Fsp3) is 0.650. The molecule has 26 heavy (non-hydrogen) atoms. The van der Waals surface area contributed by atoms with Crippen LogP contribution < -0.4 is 10.6 Å². The molecule has 2 rings (SSSR count). The summed E-state index contributed by atoms with van der Waals surface area (Å²) in [7, 11) is 0. The van der Waals surface area contributed by atoms with Crippen LogP contribution in [0, 0.1) is 0 Å². The van der Waals surface area contributed by atoms with E-state index >= 15 is 0 Å². The molecule has 2 atom stereocenters. The summed E-state index contributed by atoms with van der Waals surface area (Å²) >= 11 is 1.93. The molecule has 0 bridgehead atoms. The molecule has 4 nitrogen and oxygen atoms in total. The Kier molecular flexibility index (Phi) is 11.0. The third-order valence-corrected chi connectivity index (χ3v) is 6.55. The van der Waals surface area contributed by atoms with Gasteiger partial charge in [-0.2, -0.15) is 11.8 Å². The highest BCUT2D eigenvalue weighted by atomic mass is 127. The second kappa shape index (κ2) is 12.1. The molecule has 0 spiro atoms. The molecule has 0 aromatic heterocycles. The van der Waals surface area contributed by atoms with E-state index in [2.05, 4.69) is 68.0 Å². The number of hydrogen-bond donors (Lipinski definition) is 2. The van der Waals surface area contributed by atoms with Crippen LogP contribution in [0.25, 0.3) is 0 Å². The van der Waals surface area contributed by atoms with Crippen LogP contribution in [-0.2, 0) is 4.74 Å². The normalized spacial score (nSPS) is 19.2. The second-order valence-electron chi connectivity index (χ2n) is 6.83. The van der Waals surface area contributed by atoms with E-state index < -0.39 is 0 Å². The molecule has 1 aromatic carbocycles. The van der Waals surface area contributed by atoms with Crippen LogP contribution >= 0.6 is 35.7 Å². The van der Waals surface area contributed by atoms with E-state index in [0.29, 0.717) is 12.0 Å². The van der Waals surface area contributed by atoms with Crippen LogP contribution in [0.3, 0.4) is 0 Å². The average Bonchev–Trinajstić information content (AvgIpc) is 2.67. The van der Waals surface area contributed by atoms with Gasteiger partial charge in [0.05, 0.1) is 6.54 Å². The third kappa shape index (κ3) is 6.93. The maximum absolute atomic E-state index is 5.53. The minimum Gasteiger partial charge on any atom is -0.381 e. The van der Waals surface area contributed by atoms with Crippen LogP contribution in [0.15, 0.2) is 35.3 Å². The van der Waals surface area contributed by atoms with Crippen molar-refractivity contribution in [2.75, 3.05) is 32.6 Å². The number of thioether (sulfide) groups is 1. The van der Waals surface area contributed by atoms with Crippen LogP contribution in [0.5, 0.6) is 0 Å². The van der Waals surface area contributed by atoms with Gasteiger partial charge in [0, 0.05) is 36.5 Å². The van der Waals surface area contributed by atoms with E-state index in [9.17, 15) is 0 Å². The molecule has 2 N–H and O–H groups in total. The highest BCUT2D eigenvalue weighted by Gasteiger charge is 2.31. The number of nitrogens with one attached hydrogen (secondary N) is 2. The average molecular weight is 491 g/mol. The summed E-state index contributed by atoms with van der Waals surface area (Å²) in [6, 6.07) is 11.0. The number of hydrogen-bond acceptors (Lipinski definition) is 3. The van der Waals surface area contributed by atoms with Crippen molar-refractivity contribution in [2.45, 2.75) is 50.3 Å². The molecule has 0 radical (unpaired) electrons. The van der Waals surface area contributed by atoms with Crippen molar-refractivity contribution < 1.29 is 4.74 Å². The minimum absolute atomic E-state index is 0. The van der Waals surface area contributed by atoms with Crippen molar-refractivity contribution in [3.63, 3.8) is 0 Å². The molecule has 1 heterocycles. The fourth-order valence-corrected chi connectivity index (χ4v) is 3.87. The first-order valence-corrected chi connectivity index (χ1v) is 10.6. The molecule has 1 fully saturated rings. The number of nitrogens with zero attached hydrogens (tertiary/aromatic N) is 1. The Labute approximate surface area is 180 Å². The van der Waals surface area contributed by atoms with E-state index in [1.807, 2.05) is 11.8 Å². The lowest BCUT2D eigenvalue weighted by Gasteiger charge is -2.34. The first-order chi connectivity index (χ1) is 12.1. The molecule has 2 unspecified atom stereocenters. The maximum Gasteiger partial charge on any atom is 0.191 e. The van der Waals surface area contributed by atoms with Crippen molar-refractivity contribution in [1.29, 1.82) is 0 Å². The van der Waals surface area contributed by atoms with E-state index in [-0.39, 0.29) is 28.7 Å². The predicted molar refractivity (Wildman–Crippen MR) is 125 cm³/mol. The van der Waals surface area contributed by atoms with Gasteiger partial charge in [0.1, 0.15) is 0 Å². The summed E-state index contributed by atoms with van der Waals surface area (Å²) in [4.78, 5) is 4.91. The molecule has 148 valence electrons. The Hall–Kier alpha value is -0.470. The zero-order chi connectivity index (χ0) is 18.1. The number of benzene rings is 1. The van der Waals surface area contributed by atoms with E-state index in [4.69, 9.17) is 9.73 Å². The Morgan fingerprint density at radius 1 is 1.23 bits per heavy atom. The van der Waals surface area contributed by atoms with Gasteiger partial charge in [-0.05, 0) is 38.5 Å². The number of aliphatic imine (C=N–C) groups is 1. The SMILES string of the molecule is CCNC(=NCC1(SC)CCOCC1)NC(C)C(C)c1ccccc1.I. The van der Waals surface area contributed by atoms with Gasteiger partial charge in [0.15, 0.2) is 5.96 Å². The van der Waals surface area contributed by atoms with E-state index in [1.165, 1.54) is 5.56 Å². The van der Waals surface area contributed by atoms with Gasteiger partial charge < -0.3 is 15.4 Å². The fourth-order valence-electron chi connectivity index (χ4n) is 3.10. The van der Waals surface area contributed by atoms with Crippen molar-refractivity contribution >= 4 is 41.7 Å². The smallest absolute Gasteiger partial charge is 0.191 e. The topological polar surface area (TPSA) is 45.7 Å². The lowest BCUT2D eigenvalue weighted by molar-refractivity contribution is 0.0794. The van der Waals surface area contributed by atoms with Gasteiger partial charge in [-0.3, -0.25) is 4.99 Å². The quantitative estimate of drug-likeness (QED) is 0.340. The molecule has 0 amide bonds. The Morgan fingerprint density at radius 3 is 2.46 bits per heavy atom. The van der Waals surface area contributed by atoms with E-state index in [0.717, 1.165) is 45.1 Å². The highest BCUT2D eigenvalue weighted by Crippen LogP contribution is 2.34. The third-order valence-electron chi connectivity index (χ3n) is 5.15. The van der Waals surface area contributed by atoms with Gasteiger partial charge in [-0.15, -0.1) is 24.0 Å². The largest absolute Gasteiger partial charge is 0.381 e. The van der Waals surface area contributed by atoms with Crippen LogP contribution in [0.4, 0.5) is 0 Å². The van der Waals surface area contributed by atoms with Crippen molar-refractivity contribution in [1.82, 2.24) is 10.6 Å². The molecular weight excluding hydrogens is 457 g/mol. The van der Waals surface area contributed by atoms with Crippen LogP contribution in [-0.4, -0.2) is 49.3 Å². The maximum atomic E-state index is 5.53. The molecule has 1 aromatic rings. The zero-order valence-corrected chi connectivity index (χ0v) is 19.6. The number of ether oxygens (including phenoxy) is 1. The lowest BCUT2D eigenvalue weighted by atomic mass is 9.94. The molecule has 1 saturated heterocycles. The zero-order valence-electron chi connectivity index (χ0n) is 16.5. The predicted octanol–water partition coefficient (Wildman–Crippen LogP) is 4.26. The Balaban J connectivity index is 0.00000338. The molecule has 6 heteroatoms. The van der Waals surface area contributed by atoms with E-state index in [1.54, 1.807) is 0 Å².